The topological polar surface area (TPSA) is 125 Å². The molecule has 1 fully saturated rings. The Bertz CT molecular complexity index is 1810. The van der Waals surface area contributed by atoms with Crippen molar-refractivity contribution in [3.63, 3.8) is 0 Å². The summed E-state index contributed by atoms with van der Waals surface area (Å²) in [6.45, 7) is 4.53. The SMILES string of the molecule is CC(C)(C)OC(=O)Nc1sc(/C=C2\SC(=S)N(CCC(=O)Nc3ccc(C(=O)O)cc3)C2=O)cc1-c1cc(C(F)(F)F)cc(C(F)(F)F)c1. The Balaban J connectivity index is 1.61. The molecule has 2 heterocycles. The van der Waals surface area contributed by atoms with E-state index in [1.54, 1.807) is 20.8 Å². The van der Waals surface area contributed by atoms with Gasteiger partial charge in [-0.05, 0) is 80.9 Å². The maximum Gasteiger partial charge on any atom is 0.416 e. The van der Waals surface area contributed by atoms with Crippen LogP contribution < -0.4 is 10.6 Å². The zero-order valence-corrected chi connectivity index (χ0v) is 28.0. The maximum absolute atomic E-state index is 13.6. The van der Waals surface area contributed by atoms with Gasteiger partial charge in [0, 0.05) is 29.1 Å². The van der Waals surface area contributed by atoms with Gasteiger partial charge >= 0.3 is 24.4 Å². The molecule has 0 aliphatic carbocycles. The van der Waals surface area contributed by atoms with Crippen LogP contribution in [0, 0.1) is 0 Å². The van der Waals surface area contributed by atoms with Crippen LogP contribution in [-0.4, -0.2) is 50.3 Å². The van der Waals surface area contributed by atoms with Crippen LogP contribution in [0.1, 0.15) is 53.6 Å². The molecule has 1 aliphatic rings. The van der Waals surface area contributed by atoms with E-state index in [1.807, 2.05) is 0 Å². The van der Waals surface area contributed by atoms with Gasteiger partial charge in [0.2, 0.25) is 5.91 Å². The summed E-state index contributed by atoms with van der Waals surface area (Å²) in [6.07, 6.45) is -10.1. The van der Waals surface area contributed by atoms with Crippen LogP contribution >= 0.6 is 35.3 Å². The molecule has 9 nitrogen and oxygen atoms in total. The maximum atomic E-state index is 13.6. The fourth-order valence-electron chi connectivity index (χ4n) is 4.25. The number of hydrogen-bond acceptors (Lipinski definition) is 8. The summed E-state index contributed by atoms with van der Waals surface area (Å²) in [6, 6.07) is 7.65. The lowest BCUT2D eigenvalue weighted by atomic mass is 10.00. The van der Waals surface area contributed by atoms with Crippen molar-refractivity contribution in [2.45, 2.75) is 45.1 Å². The van der Waals surface area contributed by atoms with Gasteiger partial charge in [-0.3, -0.25) is 19.8 Å². The number of carbonyl (C=O) groups excluding carboxylic acids is 3. The second kappa shape index (κ2) is 14.2. The first-order valence-electron chi connectivity index (χ1n) is 13.9. The van der Waals surface area contributed by atoms with Crippen molar-refractivity contribution in [3.05, 3.63) is 75.0 Å². The van der Waals surface area contributed by atoms with E-state index in [0.717, 1.165) is 28.0 Å². The van der Waals surface area contributed by atoms with E-state index >= 15 is 0 Å². The number of thiocarbonyl (C=S) groups is 1. The van der Waals surface area contributed by atoms with Gasteiger partial charge in [-0.15, -0.1) is 11.3 Å². The molecule has 260 valence electrons. The third-order valence-electron chi connectivity index (χ3n) is 6.39. The van der Waals surface area contributed by atoms with Gasteiger partial charge in [0.25, 0.3) is 5.91 Å². The van der Waals surface area contributed by atoms with Crippen molar-refractivity contribution in [3.8, 4) is 11.1 Å². The molecule has 1 saturated heterocycles. The smallest absolute Gasteiger partial charge is 0.416 e. The summed E-state index contributed by atoms with van der Waals surface area (Å²) in [4.78, 5) is 50.7. The molecule has 49 heavy (non-hydrogen) atoms. The molecule has 2 aromatic carbocycles. The number of nitrogens with zero attached hydrogens (tertiary/aromatic N) is 1. The Morgan fingerprint density at radius 2 is 1.53 bits per heavy atom. The van der Waals surface area contributed by atoms with E-state index in [9.17, 15) is 45.5 Å². The van der Waals surface area contributed by atoms with Crippen LogP contribution in [-0.2, 0) is 26.7 Å². The van der Waals surface area contributed by atoms with Crippen LogP contribution in [0.4, 0.5) is 41.8 Å². The summed E-state index contributed by atoms with van der Waals surface area (Å²) in [5.74, 6) is -2.24. The van der Waals surface area contributed by atoms with Gasteiger partial charge in [-0.25, -0.2) is 9.59 Å². The summed E-state index contributed by atoms with van der Waals surface area (Å²) in [7, 11) is 0. The first-order chi connectivity index (χ1) is 22.6. The zero-order chi connectivity index (χ0) is 36.5. The second-order valence-corrected chi connectivity index (χ2v) is 14.1. The number of carboxylic acids is 1. The molecular weight excluding hydrogens is 721 g/mol. The molecule has 0 saturated carbocycles. The number of nitrogens with one attached hydrogen (secondary N) is 2. The number of thiophene rings is 1. The summed E-state index contributed by atoms with van der Waals surface area (Å²) in [5, 5.41) is 13.8. The molecule has 18 heteroatoms. The molecule has 3 N–H and O–H groups in total. The second-order valence-electron chi connectivity index (χ2n) is 11.3. The van der Waals surface area contributed by atoms with Crippen molar-refractivity contribution in [1.29, 1.82) is 0 Å². The summed E-state index contributed by atoms with van der Waals surface area (Å²) < 4.78 is 87.1. The van der Waals surface area contributed by atoms with Crippen molar-refractivity contribution >= 4 is 80.3 Å². The molecule has 0 bridgehead atoms. The van der Waals surface area contributed by atoms with Gasteiger partial charge in [0.1, 0.15) is 14.9 Å². The van der Waals surface area contributed by atoms with E-state index in [0.29, 0.717) is 17.8 Å². The van der Waals surface area contributed by atoms with E-state index in [4.69, 9.17) is 22.1 Å². The molecule has 0 spiro atoms. The van der Waals surface area contributed by atoms with E-state index in [-0.39, 0.29) is 49.3 Å². The Kier molecular flexibility index (Phi) is 10.8. The standard InChI is InChI=1S/C31H25F6N3O6S3/c1-29(2,3)46-27(45)39-24-21(16-10-17(30(32,33)34)12-18(11-16)31(35,36)37)13-20(48-24)14-22-25(42)40(28(47)49-22)9-8-23(41)38-19-6-4-15(5-7-19)26(43)44/h4-7,10-14H,8-9H2,1-3H3,(H,38,41)(H,39,45)(H,43,44)/b22-14-. The number of halogens is 6. The van der Waals surface area contributed by atoms with Crippen LogP contribution in [0.3, 0.4) is 0 Å². The molecule has 3 amide bonds. The number of amides is 3. The number of alkyl halides is 6. The van der Waals surface area contributed by atoms with Crippen molar-refractivity contribution in [2.24, 2.45) is 0 Å². The lowest BCUT2D eigenvalue weighted by Gasteiger charge is -2.20. The van der Waals surface area contributed by atoms with E-state index in [1.165, 1.54) is 36.4 Å². The number of thioether (sulfide) groups is 1. The first-order valence-corrected chi connectivity index (χ1v) is 16.0. The number of rotatable bonds is 8. The highest BCUT2D eigenvalue weighted by molar-refractivity contribution is 8.26. The largest absolute Gasteiger partial charge is 0.478 e. The van der Waals surface area contributed by atoms with Crippen molar-refractivity contribution in [1.82, 2.24) is 4.90 Å². The number of carbonyl (C=O) groups is 4. The van der Waals surface area contributed by atoms with Gasteiger partial charge < -0.3 is 15.2 Å². The zero-order valence-electron chi connectivity index (χ0n) is 25.5. The highest BCUT2D eigenvalue weighted by Gasteiger charge is 2.38. The third kappa shape index (κ3) is 9.82. The van der Waals surface area contributed by atoms with Crippen LogP contribution in [0.5, 0.6) is 0 Å². The lowest BCUT2D eigenvalue weighted by molar-refractivity contribution is -0.143. The minimum absolute atomic E-state index is 0.0155. The van der Waals surface area contributed by atoms with Gasteiger partial charge in [0.15, 0.2) is 0 Å². The van der Waals surface area contributed by atoms with Crippen LogP contribution in [0.25, 0.3) is 17.2 Å². The number of anilines is 2. The van der Waals surface area contributed by atoms with Gasteiger partial charge in [-0.2, -0.15) is 26.3 Å². The predicted molar refractivity (Wildman–Crippen MR) is 176 cm³/mol. The van der Waals surface area contributed by atoms with Gasteiger partial charge in [0.05, 0.1) is 21.6 Å². The van der Waals surface area contributed by atoms with Crippen molar-refractivity contribution in [2.75, 3.05) is 17.2 Å². The first kappa shape index (κ1) is 37.4. The number of aromatic carboxylic acids is 1. The van der Waals surface area contributed by atoms with E-state index < -0.39 is 58.5 Å². The molecule has 0 radical (unpaired) electrons. The molecule has 1 aliphatic heterocycles. The average Bonchev–Trinajstić information content (AvgIpc) is 3.48. The molecule has 4 rings (SSSR count). The summed E-state index contributed by atoms with van der Waals surface area (Å²) >= 11 is 6.93. The normalized spacial score (nSPS) is 14.7. The Hall–Kier alpha value is -4.42. The number of benzene rings is 2. The number of hydrogen-bond donors (Lipinski definition) is 3. The van der Waals surface area contributed by atoms with Crippen molar-refractivity contribution < 1.29 is 55.4 Å². The Morgan fingerprint density at radius 3 is 2.06 bits per heavy atom. The van der Waals surface area contributed by atoms with Gasteiger partial charge in [-0.1, -0.05) is 24.0 Å². The minimum atomic E-state index is -5.12. The molecule has 1 aromatic heterocycles. The lowest BCUT2D eigenvalue weighted by Crippen LogP contribution is -2.31. The molecule has 3 aromatic rings. The Labute approximate surface area is 288 Å². The fraction of sp³-hybridized carbons (Fsp3) is 0.258. The highest BCUT2D eigenvalue weighted by Crippen LogP contribution is 2.44. The molecule has 0 unspecified atom stereocenters. The molecule has 0 atom stereocenters. The molecular formula is C31H25F6N3O6S3. The number of carboxylic acid groups (broad SMARTS) is 1. The van der Waals surface area contributed by atoms with Crippen LogP contribution in [0.15, 0.2) is 53.4 Å². The van der Waals surface area contributed by atoms with E-state index in [2.05, 4.69) is 10.6 Å². The predicted octanol–water partition coefficient (Wildman–Crippen LogP) is 8.73. The fourth-order valence-corrected chi connectivity index (χ4v) is 6.63. The number of ether oxygens (including phenoxy) is 1. The minimum Gasteiger partial charge on any atom is -0.478 e. The quantitative estimate of drug-likeness (QED) is 0.119. The summed E-state index contributed by atoms with van der Waals surface area (Å²) in [5.41, 5.74) is -4.45. The third-order valence-corrected chi connectivity index (χ3v) is 8.76. The average molecular weight is 746 g/mol. The monoisotopic (exact) mass is 745 g/mol. The highest BCUT2D eigenvalue weighted by atomic mass is 32.2. The van der Waals surface area contributed by atoms with Crippen LogP contribution in [0.2, 0.25) is 0 Å². The Morgan fingerprint density at radius 1 is 0.939 bits per heavy atom.